The van der Waals surface area contributed by atoms with Crippen molar-refractivity contribution in [2.45, 2.75) is 19.3 Å². The Morgan fingerprint density at radius 3 is 2.14 bits per heavy atom. The molecule has 5 rings (SSSR count). The highest BCUT2D eigenvalue weighted by Gasteiger charge is 2.60. The van der Waals surface area contributed by atoms with Gasteiger partial charge in [0.05, 0.1) is 0 Å². The smallest absolute Gasteiger partial charge is 0.242 e. The minimum Gasteiger partial charge on any atom is -0.368 e. The van der Waals surface area contributed by atoms with Gasteiger partial charge in [0, 0.05) is 44.1 Å². The van der Waals surface area contributed by atoms with Crippen LogP contribution < -0.4 is 9.80 Å². The Labute approximate surface area is 165 Å². The Kier molecular flexibility index (Phi) is 4.11. The van der Waals surface area contributed by atoms with E-state index < -0.39 is 5.41 Å². The quantitative estimate of drug-likeness (QED) is 0.775. The van der Waals surface area contributed by atoms with E-state index in [1.54, 1.807) is 0 Å². The maximum atomic E-state index is 13.3. The molecule has 0 spiro atoms. The number of rotatable bonds is 3. The number of nitrogens with zero attached hydrogens (tertiary/aromatic N) is 3. The molecule has 5 nitrogen and oxygen atoms in total. The van der Waals surface area contributed by atoms with E-state index in [-0.39, 0.29) is 11.8 Å². The average Bonchev–Trinajstić information content (AvgIpc) is 3.46. The zero-order valence-corrected chi connectivity index (χ0v) is 16.0. The fourth-order valence-electron chi connectivity index (χ4n) is 4.56. The molecule has 2 aromatic carbocycles. The van der Waals surface area contributed by atoms with Crippen LogP contribution in [-0.4, -0.2) is 49.4 Å². The second-order valence-electron chi connectivity index (χ2n) is 8.03. The molecule has 2 heterocycles. The summed E-state index contributed by atoms with van der Waals surface area (Å²) < 4.78 is 0. The largest absolute Gasteiger partial charge is 0.368 e. The van der Waals surface area contributed by atoms with Crippen LogP contribution in [0, 0.1) is 5.41 Å². The molecule has 0 atom stereocenters. The van der Waals surface area contributed by atoms with Crippen molar-refractivity contribution in [3.05, 3.63) is 60.2 Å². The van der Waals surface area contributed by atoms with Crippen molar-refractivity contribution in [3.63, 3.8) is 0 Å². The SMILES string of the molecule is O=C(N1CCN(c2ccccc2)CC1)C1(C(=O)N2CCc3ccccc32)CC1. The second-order valence-corrected chi connectivity index (χ2v) is 8.03. The van der Waals surface area contributed by atoms with E-state index in [9.17, 15) is 9.59 Å². The molecule has 0 aromatic heterocycles. The van der Waals surface area contributed by atoms with Crippen LogP contribution in [0.15, 0.2) is 54.6 Å². The van der Waals surface area contributed by atoms with E-state index in [1.165, 1.54) is 11.3 Å². The van der Waals surface area contributed by atoms with Crippen LogP contribution in [0.4, 0.5) is 11.4 Å². The molecular weight excluding hydrogens is 350 g/mol. The number of benzene rings is 2. The van der Waals surface area contributed by atoms with E-state index in [0.717, 1.165) is 25.2 Å². The van der Waals surface area contributed by atoms with E-state index in [1.807, 2.05) is 46.2 Å². The highest BCUT2D eigenvalue weighted by Crippen LogP contribution is 2.50. The summed E-state index contributed by atoms with van der Waals surface area (Å²) in [6.07, 6.45) is 2.24. The lowest BCUT2D eigenvalue weighted by atomic mass is 10.0. The lowest BCUT2D eigenvalue weighted by Gasteiger charge is -2.38. The van der Waals surface area contributed by atoms with Crippen LogP contribution in [0.1, 0.15) is 18.4 Å². The number of carbonyl (C=O) groups excluding carboxylic acids is 2. The molecule has 0 bridgehead atoms. The molecule has 2 fully saturated rings. The number of anilines is 2. The first-order valence-electron chi connectivity index (χ1n) is 10.2. The van der Waals surface area contributed by atoms with Crippen LogP contribution in [0.5, 0.6) is 0 Å². The van der Waals surface area contributed by atoms with Gasteiger partial charge in [0.1, 0.15) is 5.41 Å². The summed E-state index contributed by atoms with van der Waals surface area (Å²) in [5.74, 6) is 0.0440. The van der Waals surface area contributed by atoms with Gasteiger partial charge in [-0.25, -0.2) is 0 Å². The summed E-state index contributed by atoms with van der Waals surface area (Å²) in [7, 11) is 0. The molecule has 3 aliphatic rings. The number of para-hydroxylation sites is 2. The maximum Gasteiger partial charge on any atom is 0.242 e. The van der Waals surface area contributed by atoms with Crippen LogP contribution in [0.2, 0.25) is 0 Å². The first-order valence-corrected chi connectivity index (χ1v) is 10.2. The zero-order valence-electron chi connectivity index (χ0n) is 16.0. The predicted octanol–water partition coefficient (Wildman–Crippen LogP) is 2.70. The number of hydrogen-bond donors (Lipinski definition) is 0. The van der Waals surface area contributed by atoms with Crippen molar-refractivity contribution in [3.8, 4) is 0 Å². The minimum atomic E-state index is -0.813. The van der Waals surface area contributed by atoms with Gasteiger partial charge in [-0.15, -0.1) is 0 Å². The van der Waals surface area contributed by atoms with E-state index in [2.05, 4.69) is 23.1 Å². The third kappa shape index (κ3) is 2.77. The maximum absolute atomic E-state index is 13.3. The summed E-state index contributed by atoms with van der Waals surface area (Å²) in [4.78, 5) is 32.7. The second kappa shape index (κ2) is 6.66. The van der Waals surface area contributed by atoms with Crippen LogP contribution in [0.3, 0.4) is 0 Å². The normalized spacial score (nSPS) is 20.1. The third-order valence-corrected chi connectivity index (χ3v) is 6.39. The van der Waals surface area contributed by atoms with Gasteiger partial charge in [-0.1, -0.05) is 36.4 Å². The molecule has 2 aliphatic heterocycles. The molecule has 1 aliphatic carbocycles. The van der Waals surface area contributed by atoms with Gasteiger partial charge in [0.25, 0.3) is 0 Å². The van der Waals surface area contributed by atoms with Crippen molar-refractivity contribution in [2.75, 3.05) is 42.5 Å². The molecule has 1 saturated carbocycles. The van der Waals surface area contributed by atoms with Crippen LogP contribution in [0.25, 0.3) is 0 Å². The highest BCUT2D eigenvalue weighted by atomic mass is 16.2. The fraction of sp³-hybridized carbons (Fsp3) is 0.391. The van der Waals surface area contributed by atoms with E-state index in [4.69, 9.17) is 0 Å². The molecule has 5 heteroatoms. The molecular formula is C23H25N3O2. The topological polar surface area (TPSA) is 43.9 Å². The van der Waals surface area contributed by atoms with Crippen molar-refractivity contribution in [2.24, 2.45) is 5.41 Å². The van der Waals surface area contributed by atoms with E-state index in [0.29, 0.717) is 32.5 Å². The fourth-order valence-corrected chi connectivity index (χ4v) is 4.56. The summed E-state index contributed by atoms with van der Waals surface area (Å²) in [5.41, 5.74) is 2.57. The van der Waals surface area contributed by atoms with Crippen molar-refractivity contribution in [1.82, 2.24) is 4.90 Å². The van der Waals surface area contributed by atoms with Crippen LogP contribution >= 0.6 is 0 Å². The Hall–Kier alpha value is -2.82. The third-order valence-electron chi connectivity index (χ3n) is 6.39. The number of hydrogen-bond acceptors (Lipinski definition) is 3. The van der Waals surface area contributed by atoms with Gasteiger partial charge < -0.3 is 14.7 Å². The van der Waals surface area contributed by atoms with Gasteiger partial charge >= 0.3 is 0 Å². The molecule has 1 saturated heterocycles. The highest BCUT2D eigenvalue weighted by molar-refractivity contribution is 6.14. The number of piperazine rings is 1. The van der Waals surface area contributed by atoms with Crippen molar-refractivity contribution < 1.29 is 9.59 Å². The first-order chi connectivity index (χ1) is 13.7. The van der Waals surface area contributed by atoms with Crippen LogP contribution in [-0.2, 0) is 16.0 Å². The predicted molar refractivity (Wildman–Crippen MR) is 109 cm³/mol. The molecule has 2 aromatic rings. The average molecular weight is 375 g/mol. The lowest BCUT2D eigenvalue weighted by Crippen LogP contribution is -2.53. The standard InChI is InChI=1S/C23H25N3O2/c27-21(25-16-14-24(15-17-25)19-7-2-1-3-8-19)23(11-12-23)22(28)26-13-10-18-6-4-5-9-20(18)26/h1-9H,10-17H2. The Morgan fingerprint density at radius 2 is 1.43 bits per heavy atom. The first kappa shape index (κ1) is 17.3. The molecule has 28 heavy (non-hydrogen) atoms. The number of fused-ring (bicyclic) bond motifs is 1. The molecule has 0 unspecified atom stereocenters. The molecule has 144 valence electrons. The van der Waals surface area contributed by atoms with Crippen molar-refractivity contribution in [1.29, 1.82) is 0 Å². The van der Waals surface area contributed by atoms with Gasteiger partial charge in [-0.2, -0.15) is 0 Å². The summed E-state index contributed by atoms with van der Waals surface area (Å²) >= 11 is 0. The zero-order chi connectivity index (χ0) is 19.1. The summed E-state index contributed by atoms with van der Waals surface area (Å²) in [6.45, 7) is 3.67. The Morgan fingerprint density at radius 1 is 0.750 bits per heavy atom. The summed E-state index contributed by atoms with van der Waals surface area (Å²) in [5, 5.41) is 0. The Bertz CT molecular complexity index is 899. The van der Waals surface area contributed by atoms with Gasteiger partial charge in [-0.05, 0) is 43.0 Å². The van der Waals surface area contributed by atoms with Gasteiger partial charge in [-0.3, -0.25) is 9.59 Å². The Balaban J connectivity index is 1.28. The summed E-state index contributed by atoms with van der Waals surface area (Å²) in [6, 6.07) is 18.4. The van der Waals surface area contributed by atoms with Gasteiger partial charge in [0.15, 0.2) is 0 Å². The van der Waals surface area contributed by atoms with Gasteiger partial charge in [0.2, 0.25) is 11.8 Å². The van der Waals surface area contributed by atoms with Crippen molar-refractivity contribution >= 4 is 23.2 Å². The lowest BCUT2D eigenvalue weighted by molar-refractivity contribution is -0.143. The molecule has 2 amide bonds. The number of amides is 2. The monoisotopic (exact) mass is 375 g/mol. The molecule has 0 N–H and O–H groups in total. The molecule has 0 radical (unpaired) electrons. The van der Waals surface area contributed by atoms with E-state index >= 15 is 0 Å². The number of carbonyl (C=O) groups is 2. The minimum absolute atomic E-state index is 0.00735.